The van der Waals surface area contributed by atoms with Gasteiger partial charge in [0.1, 0.15) is 5.41 Å². The molecular formula is C14H26N4O3. The number of likely N-dealkylation sites (N-methyl/N-ethyl adjacent to an activating group) is 1. The molecule has 3 N–H and O–H groups in total. The summed E-state index contributed by atoms with van der Waals surface area (Å²) in [5.41, 5.74) is 4.97. The Morgan fingerprint density at radius 1 is 1.43 bits per heavy atom. The van der Waals surface area contributed by atoms with E-state index in [1.807, 2.05) is 4.90 Å². The van der Waals surface area contributed by atoms with Crippen molar-refractivity contribution in [1.29, 1.82) is 0 Å². The maximum Gasteiger partial charge on any atom is 0.236 e. The predicted octanol–water partition coefficient (Wildman–Crippen LogP) is 0.0822. The van der Waals surface area contributed by atoms with Gasteiger partial charge in [0.25, 0.3) is 0 Å². The third-order valence-corrected chi connectivity index (χ3v) is 4.89. The number of hydrogen-bond donors (Lipinski definition) is 2. The Balaban J connectivity index is 2.19. The molecule has 0 aromatic heterocycles. The van der Waals surface area contributed by atoms with Gasteiger partial charge in [-0.2, -0.15) is 0 Å². The smallest absolute Gasteiger partial charge is 0.236 e. The molecule has 2 saturated heterocycles. The van der Waals surface area contributed by atoms with E-state index in [1.54, 1.807) is 0 Å². The lowest BCUT2D eigenvalue weighted by Gasteiger charge is -2.44. The Morgan fingerprint density at radius 3 is 2.67 bits per heavy atom. The minimum atomic E-state index is -0.902. The summed E-state index contributed by atoms with van der Waals surface area (Å²) >= 11 is 0. The highest BCUT2D eigenvalue weighted by atomic mass is 16.5. The molecule has 0 bridgehead atoms. The zero-order valence-corrected chi connectivity index (χ0v) is 12.9. The molecule has 21 heavy (non-hydrogen) atoms. The molecule has 2 rings (SSSR count). The Hall–Kier alpha value is -1.34. The van der Waals surface area contributed by atoms with Gasteiger partial charge in [-0.25, -0.2) is 0 Å². The summed E-state index contributed by atoms with van der Waals surface area (Å²) in [6.45, 7) is 5.30. The lowest BCUT2D eigenvalue weighted by Crippen LogP contribution is -2.60. The number of amidine groups is 1. The molecule has 7 heteroatoms. The predicted molar refractivity (Wildman–Crippen MR) is 79.2 cm³/mol. The standard InChI is InChI=1S/C14H26N4O3/c1-3-11-10-18(7-6-17(11)2)13(19)14(12(15)16-20)4-8-21-9-5-14/h11,20H,3-10H2,1-2H3,(H2,15,16). The van der Waals surface area contributed by atoms with E-state index < -0.39 is 5.41 Å². The summed E-state index contributed by atoms with van der Waals surface area (Å²) in [6, 6.07) is 0.367. The summed E-state index contributed by atoms with van der Waals surface area (Å²) in [7, 11) is 2.09. The first-order chi connectivity index (χ1) is 10.0. The average molecular weight is 298 g/mol. The molecule has 120 valence electrons. The number of nitrogens with zero attached hydrogens (tertiary/aromatic N) is 3. The number of nitrogens with two attached hydrogens (primary N) is 1. The molecule has 1 unspecified atom stereocenters. The van der Waals surface area contributed by atoms with Gasteiger partial charge in [-0.3, -0.25) is 9.69 Å². The van der Waals surface area contributed by atoms with Gasteiger partial charge in [0, 0.05) is 38.9 Å². The van der Waals surface area contributed by atoms with Crippen LogP contribution in [-0.4, -0.2) is 72.7 Å². The van der Waals surface area contributed by atoms with Crippen LogP contribution < -0.4 is 5.73 Å². The summed E-state index contributed by atoms with van der Waals surface area (Å²) < 4.78 is 5.35. The average Bonchev–Trinajstić information content (AvgIpc) is 2.54. The SMILES string of the molecule is CCC1CN(C(=O)C2(C(N)=NO)CCOCC2)CCN1C. The monoisotopic (exact) mass is 298 g/mol. The minimum Gasteiger partial charge on any atom is -0.409 e. The number of rotatable bonds is 3. The summed E-state index contributed by atoms with van der Waals surface area (Å²) in [6.07, 6.45) is 1.95. The van der Waals surface area contributed by atoms with E-state index in [-0.39, 0.29) is 11.7 Å². The van der Waals surface area contributed by atoms with Crippen LogP contribution >= 0.6 is 0 Å². The second kappa shape index (κ2) is 6.62. The zero-order chi connectivity index (χ0) is 15.5. The number of carbonyl (C=O) groups is 1. The van der Waals surface area contributed by atoms with Gasteiger partial charge in [-0.05, 0) is 26.3 Å². The van der Waals surface area contributed by atoms with Crippen molar-refractivity contribution in [2.75, 3.05) is 39.9 Å². The first-order valence-electron chi connectivity index (χ1n) is 7.60. The molecule has 0 spiro atoms. The maximum atomic E-state index is 13.0. The molecule has 0 aromatic rings. The van der Waals surface area contributed by atoms with Crippen LogP contribution in [0.25, 0.3) is 0 Å². The molecule has 1 atom stereocenters. The van der Waals surface area contributed by atoms with E-state index >= 15 is 0 Å². The van der Waals surface area contributed by atoms with Crippen LogP contribution in [0.3, 0.4) is 0 Å². The molecule has 2 heterocycles. The van der Waals surface area contributed by atoms with Crippen molar-refractivity contribution in [3.8, 4) is 0 Å². The lowest BCUT2D eigenvalue weighted by molar-refractivity contribution is -0.145. The van der Waals surface area contributed by atoms with Gasteiger partial charge in [0.05, 0.1) is 0 Å². The van der Waals surface area contributed by atoms with E-state index in [0.29, 0.717) is 45.2 Å². The van der Waals surface area contributed by atoms with Gasteiger partial charge in [-0.15, -0.1) is 0 Å². The van der Waals surface area contributed by atoms with Crippen LogP contribution in [0.2, 0.25) is 0 Å². The molecule has 0 aromatic carbocycles. The van der Waals surface area contributed by atoms with Crippen LogP contribution in [0.4, 0.5) is 0 Å². The molecule has 0 aliphatic carbocycles. The van der Waals surface area contributed by atoms with Crippen molar-refractivity contribution in [3.63, 3.8) is 0 Å². The minimum absolute atomic E-state index is 0.0165. The summed E-state index contributed by atoms with van der Waals surface area (Å²) in [4.78, 5) is 17.2. The van der Waals surface area contributed by atoms with Crippen LogP contribution in [0, 0.1) is 5.41 Å². The van der Waals surface area contributed by atoms with E-state index in [1.165, 1.54) is 0 Å². The highest BCUT2D eigenvalue weighted by Gasteiger charge is 2.47. The molecule has 2 fully saturated rings. The number of amides is 1. The summed E-state index contributed by atoms with van der Waals surface area (Å²) in [5.74, 6) is -0.00423. The van der Waals surface area contributed by atoms with Crippen LogP contribution in [0.5, 0.6) is 0 Å². The highest BCUT2D eigenvalue weighted by molar-refractivity contribution is 6.06. The third kappa shape index (κ3) is 2.98. The van der Waals surface area contributed by atoms with E-state index in [0.717, 1.165) is 13.0 Å². The topological polar surface area (TPSA) is 91.4 Å². The molecule has 2 aliphatic rings. The van der Waals surface area contributed by atoms with Gasteiger partial charge in [0.2, 0.25) is 5.91 Å². The van der Waals surface area contributed by atoms with Crippen molar-refractivity contribution in [3.05, 3.63) is 0 Å². The Morgan fingerprint density at radius 2 is 2.10 bits per heavy atom. The van der Waals surface area contributed by atoms with E-state index in [4.69, 9.17) is 15.7 Å². The molecule has 2 aliphatic heterocycles. The largest absolute Gasteiger partial charge is 0.409 e. The fourth-order valence-electron chi connectivity index (χ4n) is 3.27. The normalized spacial score (nSPS) is 27.6. The van der Waals surface area contributed by atoms with E-state index in [9.17, 15) is 4.79 Å². The second-order valence-corrected chi connectivity index (χ2v) is 5.97. The van der Waals surface area contributed by atoms with Crippen molar-refractivity contribution in [1.82, 2.24) is 9.80 Å². The first kappa shape index (κ1) is 16.0. The maximum absolute atomic E-state index is 13.0. The molecular weight excluding hydrogens is 272 g/mol. The molecule has 0 radical (unpaired) electrons. The molecule has 7 nitrogen and oxygen atoms in total. The fourth-order valence-corrected chi connectivity index (χ4v) is 3.27. The number of carbonyl (C=O) groups excluding carboxylic acids is 1. The van der Waals surface area contributed by atoms with E-state index in [2.05, 4.69) is 24.0 Å². The third-order valence-electron chi connectivity index (χ3n) is 4.89. The van der Waals surface area contributed by atoms with Crippen molar-refractivity contribution < 1.29 is 14.7 Å². The molecule has 0 saturated carbocycles. The van der Waals surface area contributed by atoms with Crippen molar-refractivity contribution >= 4 is 11.7 Å². The first-order valence-corrected chi connectivity index (χ1v) is 7.60. The van der Waals surface area contributed by atoms with Crippen LogP contribution in [-0.2, 0) is 9.53 Å². The van der Waals surface area contributed by atoms with Crippen molar-refractivity contribution in [2.45, 2.75) is 32.2 Å². The van der Waals surface area contributed by atoms with Gasteiger partial charge in [0.15, 0.2) is 5.84 Å². The number of hydrogen-bond acceptors (Lipinski definition) is 5. The zero-order valence-electron chi connectivity index (χ0n) is 12.9. The highest BCUT2D eigenvalue weighted by Crippen LogP contribution is 2.34. The van der Waals surface area contributed by atoms with Gasteiger partial charge in [-0.1, -0.05) is 12.1 Å². The molecule has 1 amide bonds. The van der Waals surface area contributed by atoms with Gasteiger partial charge >= 0.3 is 0 Å². The second-order valence-electron chi connectivity index (χ2n) is 5.97. The Bertz CT molecular complexity index is 407. The van der Waals surface area contributed by atoms with Gasteiger partial charge < -0.3 is 20.6 Å². The Labute approximate surface area is 125 Å². The van der Waals surface area contributed by atoms with Crippen LogP contribution in [0.1, 0.15) is 26.2 Å². The lowest BCUT2D eigenvalue weighted by atomic mass is 9.77. The number of oxime groups is 1. The number of ether oxygens (including phenoxy) is 1. The van der Waals surface area contributed by atoms with Crippen LogP contribution in [0.15, 0.2) is 5.16 Å². The number of piperazine rings is 1. The fraction of sp³-hybridized carbons (Fsp3) is 0.857. The van der Waals surface area contributed by atoms with Crippen molar-refractivity contribution in [2.24, 2.45) is 16.3 Å². The Kier molecular flexibility index (Phi) is 5.05. The quantitative estimate of drug-likeness (QED) is 0.333. The summed E-state index contributed by atoms with van der Waals surface area (Å²) in [5, 5.41) is 12.2.